The van der Waals surface area contributed by atoms with E-state index in [2.05, 4.69) is 25.6 Å². The number of methoxy groups -OCH3 is 2. The summed E-state index contributed by atoms with van der Waals surface area (Å²) in [6.07, 6.45) is -0.0828. The van der Waals surface area contributed by atoms with Gasteiger partial charge in [0.25, 0.3) is 5.91 Å². The number of rotatable bonds is 10. The van der Waals surface area contributed by atoms with Crippen LogP contribution in [0.2, 0.25) is 0 Å². The average Bonchev–Trinajstić information content (AvgIpc) is 3.64. The lowest BCUT2D eigenvalue weighted by molar-refractivity contribution is -0.0440. The van der Waals surface area contributed by atoms with E-state index in [-0.39, 0.29) is 0 Å². The number of carbonyl (C=O) groups is 1. The second-order valence-corrected chi connectivity index (χ2v) is 10.3. The van der Waals surface area contributed by atoms with Gasteiger partial charge in [-0.3, -0.25) is 9.36 Å². The topological polar surface area (TPSA) is 153 Å². The molecule has 0 spiro atoms. The molecule has 0 aliphatic carbocycles. The Labute approximate surface area is 253 Å². The van der Waals surface area contributed by atoms with Crippen LogP contribution in [0.25, 0.3) is 22.3 Å². The van der Waals surface area contributed by atoms with E-state index in [1.54, 1.807) is 30.9 Å². The van der Waals surface area contributed by atoms with Crippen molar-refractivity contribution in [2.75, 3.05) is 26.1 Å². The van der Waals surface area contributed by atoms with E-state index in [4.69, 9.17) is 14.2 Å². The number of hydrogen-bond acceptors (Lipinski definition) is 10. The molecule has 0 unspecified atom stereocenters. The molecule has 1 saturated heterocycles. The molecule has 5 aromatic rings. The lowest BCUT2D eigenvalue weighted by Crippen LogP contribution is -2.46. The number of anilines is 1. The summed E-state index contributed by atoms with van der Waals surface area (Å²) in [5.74, 6) is 1.33. The molecular weight excluding hydrogens is 564 g/mol. The van der Waals surface area contributed by atoms with Crippen LogP contribution in [0.5, 0.6) is 11.5 Å². The van der Waals surface area contributed by atoms with Gasteiger partial charge in [-0.1, -0.05) is 48.5 Å². The third-order valence-electron chi connectivity index (χ3n) is 7.64. The molecule has 226 valence electrons. The maximum Gasteiger partial charge on any atom is 0.251 e. The van der Waals surface area contributed by atoms with Crippen molar-refractivity contribution in [1.82, 2.24) is 24.8 Å². The molecule has 0 radical (unpaired) electrons. The first-order chi connectivity index (χ1) is 21.5. The van der Waals surface area contributed by atoms with Gasteiger partial charge in [0.1, 0.15) is 24.6 Å². The molecule has 44 heavy (non-hydrogen) atoms. The van der Waals surface area contributed by atoms with Gasteiger partial charge in [-0.05, 0) is 41.0 Å². The number of amides is 1. The smallest absolute Gasteiger partial charge is 0.251 e. The molecule has 1 fully saturated rings. The Morgan fingerprint density at radius 3 is 2.43 bits per heavy atom. The predicted octanol–water partition coefficient (Wildman–Crippen LogP) is 3.17. The van der Waals surface area contributed by atoms with Crippen molar-refractivity contribution >= 4 is 22.9 Å². The zero-order chi connectivity index (χ0) is 30.6. The van der Waals surface area contributed by atoms with Crippen LogP contribution >= 0.6 is 0 Å². The Bertz CT molecular complexity index is 1750. The summed E-state index contributed by atoms with van der Waals surface area (Å²) in [7, 11) is 3.16. The Hall–Kier alpha value is -5.04. The average molecular weight is 597 g/mol. The van der Waals surface area contributed by atoms with Crippen LogP contribution in [-0.4, -0.2) is 74.7 Å². The fourth-order valence-corrected chi connectivity index (χ4v) is 5.31. The van der Waals surface area contributed by atoms with Crippen LogP contribution in [0.15, 0.2) is 85.5 Å². The fourth-order valence-electron chi connectivity index (χ4n) is 5.31. The SMILES string of the molecule is COc1ccc(CNc2ncnc3c2ncn3[C@@H]2O[C@H](CO)[C@@H](O)[C@H]2NC(=O)c2ccc(-c3ccccc3)cc2)cc1OC. The van der Waals surface area contributed by atoms with Gasteiger partial charge in [0.05, 0.1) is 27.2 Å². The summed E-state index contributed by atoms with van der Waals surface area (Å²) in [6, 6.07) is 21.8. The lowest BCUT2D eigenvalue weighted by atomic mass is 10.0. The second kappa shape index (κ2) is 12.7. The third kappa shape index (κ3) is 5.65. The molecule has 4 N–H and O–H groups in total. The predicted molar refractivity (Wildman–Crippen MR) is 162 cm³/mol. The quantitative estimate of drug-likeness (QED) is 0.189. The minimum atomic E-state index is -1.18. The van der Waals surface area contributed by atoms with Crippen molar-refractivity contribution in [3.05, 3.63) is 96.6 Å². The van der Waals surface area contributed by atoms with E-state index < -0.39 is 37.0 Å². The number of nitrogens with one attached hydrogen (secondary N) is 2. The first-order valence-electron chi connectivity index (χ1n) is 14.0. The van der Waals surface area contributed by atoms with Gasteiger partial charge in [-0.25, -0.2) is 15.0 Å². The molecule has 3 heterocycles. The maximum atomic E-state index is 13.3. The van der Waals surface area contributed by atoms with Crippen LogP contribution in [0, 0.1) is 0 Å². The maximum absolute atomic E-state index is 13.3. The number of carbonyl (C=O) groups excluding carboxylic acids is 1. The Morgan fingerprint density at radius 1 is 0.955 bits per heavy atom. The number of nitrogens with zero attached hydrogens (tertiary/aromatic N) is 4. The van der Waals surface area contributed by atoms with Crippen LogP contribution in [0.3, 0.4) is 0 Å². The van der Waals surface area contributed by atoms with Gasteiger partial charge in [-0.15, -0.1) is 0 Å². The number of aliphatic hydroxyl groups is 2. The molecule has 1 aliphatic heterocycles. The molecule has 6 rings (SSSR count). The largest absolute Gasteiger partial charge is 0.493 e. The summed E-state index contributed by atoms with van der Waals surface area (Å²) in [4.78, 5) is 26.6. The van der Waals surface area contributed by atoms with E-state index in [0.717, 1.165) is 16.7 Å². The zero-order valence-corrected chi connectivity index (χ0v) is 24.1. The van der Waals surface area contributed by atoms with E-state index in [9.17, 15) is 15.0 Å². The number of fused-ring (bicyclic) bond motifs is 1. The van der Waals surface area contributed by atoms with Crippen molar-refractivity contribution < 1.29 is 29.2 Å². The summed E-state index contributed by atoms with van der Waals surface area (Å²) in [5, 5.41) is 27.1. The normalized spacial score (nSPS) is 19.5. The lowest BCUT2D eigenvalue weighted by Gasteiger charge is -2.23. The highest BCUT2D eigenvalue weighted by Gasteiger charge is 2.46. The molecular formula is C32H32N6O6. The third-order valence-corrected chi connectivity index (χ3v) is 7.64. The summed E-state index contributed by atoms with van der Waals surface area (Å²) in [5.41, 5.74) is 4.27. The molecule has 4 atom stereocenters. The van der Waals surface area contributed by atoms with Crippen molar-refractivity contribution in [2.45, 2.75) is 31.0 Å². The van der Waals surface area contributed by atoms with Gasteiger partial charge in [-0.2, -0.15) is 0 Å². The van der Waals surface area contributed by atoms with Gasteiger partial charge in [0, 0.05) is 12.1 Å². The first-order valence-corrected chi connectivity index (χ1v) is 14.0. The highest BCUT2D eigenvalue weighted by atomic mass is 16.5. The highest BCUT2D eigenvalue weighted by molar-refractivity contribution is 5.95. The first kappa shape index (κ1) is 29.1. The minimum Gasteiger partial charge on any atom is -0.493 e. The number of ether oxygens (including phenoxy) is 3. The number of aromatic nitrogens is 4. The van der Waals surface area contributed by atoms with Gasteiger partial charge < -0.3 is 35.1 Å². The van der Waals surface area contributed by atoms with Crippen molar-refractivity contribution in [3.63, 3.8) is 0 Å². The molecule has 1 aliphatic rings. The second-order valence-electron chi connectivity index (χ2n) is 10.3. The van der Waals surface area contributed by atoms with Gasteiger partial charge in [0.15, 0.2) is 34.7 Å². The summed E-state index contributed by atoms with van der Waals surface area (Å²) >= 11 is 0. The Kier molecular flexibility index (Phi) is 8.37. The van der Waals surface area contributed by atoms with E-state index in [0.29, 0.717) is 40.6 Å². The summed E-state index contributed by atoms with van der Waals surface area (Å²) in [6.45, 7) is -0.0120. The monoisotopic (exact) mass is 596 g/mol. The van der Waals surface area contributed by atoms with Crippen LogP contribution in [0.1, 0.15) is 22.1 Å². The Morgan fingerprint density at radius 2 is 1.70 bits per heavy atom. The van der Waals surface area contributed by atoms with Crippen molar-refractivity contribution in [3.8, 4) is 22.6 Å². The van der Waals surface area contributed by atoms with E-state index in [1.807, 2.05) is 60.7 Å². The van der Waals surface area contributed by atoms with Gasteiger partial charge >= 0.3 is 0 Å². The number of aliphatic hydroxyl groups excluding tert-OH is 2. The van der Waals surface area contributed by atoms with Crippen molar-refractivity contribution in [2.24, 2.45) is 0 Å². The molecule has 0 bridgehead atoms. The molecule has 2 aromatic heterocycles. The Balaban J connectivity index is 1.22. The van der Waals surface area contributed by atoms with E-state index in [1.165, 1.54) is 12.7 Å². The number of benzene rings is 3. The molecule has 12 nitrogen and oxygen atoms in total. The van der Waals surface area contributed by atoms with Gasteiger partial charge in [0.2, 0.25) is 0 Å². The number of imidazole rings is 1. The van der Waals surface area contributed by atoms with E-state index >= 15 is 0 Å². The molecule has 12 heteroatoms. The highest BCUT2D eigenvalue weighted by Crippen LogP contribution is 2.33. The van der Waals surface area contributed by atoms with Crippen LogP contribution in [-0.2, 0) is 11.3 Å². The summed E-state index contributed by atoms with van der Waals surface area (Å²) < 4.78 is 18.4. The fraction of sp³-hybridized carbons (Fsp3) is 0.250. The minimum absolute atomic E-state index is 0.392. The standard InChI is InChI=1S/C32H32N6O6/c1-42-23-13-8-19(14-24(23)43-2)15-33-29-27-30(35-17-34-29)38(18-36-27)32-26(28(40)25(16-39)44-32)37-31(41)22-11-9-21(10-12-22)20-6-4-3-5-7-20/h3-14,17-18,25-26,28,32,39-40H,15-16H2,1-2H3,(H,37,41)(H,33,34,35)/t25-,26-,28-,32-/m1/s1. The molecule has 3 aromatic carbocycles. The molecule has 1 amide bonds. The zero-order valence-electron chi connectivity index (χ0n) is 24.1. The number of hydrogen-bond donors (Lipinski definition) is 4. The van der Waals surface area contributed by atoms with Crippen LogP contribution in [0.4, 0.5) is 5.82 Å². The van der Waals surface area contributed by atoms with Crippen molar-refractivity contribution in [1.29, 1.82) is 0 Å². The van der Waals surface area contributed by atoms with Crippen LogP contribution < -0.4 is 20.1 Å². The molecule has 0 saturated carbocycles.